The van der Waals surface area contributed by atoms with Gasteiger partial charge in [-0.15, -0.1) is 0 Å². The lowest BCUT2D eigenvalue weighted by Crippen LogP contribution is -2.53. The van der Waals surface area contributed by atoms with Gasteiger partial charge in [0, 0.05) is 23.8 Å². The molecule has 0 aliphatic carbocycles. The van der Waals surface area contributed by atoms with Crippen LogP contribution in [0.1, 0.15) is 43.7 Å². The molecule has 0 aromatic heterocycles. The Morgan fingerprint density at radius 3 is 2.27 bits per heavy atom. The van der Waals surface area contributed by atoms with Crippen molar-refractivity contribution in [2.24, 2.45) is 5.92 Å². The van der Waals surface area contributed by atoms with Crippen LogP contribution in [0.5, 0.6) is 0 Å². The molecule has 1 aliphatic heterocycles. The molecule has 1 saturated heterocycles. The first kappa shape index (κ1) is 22.2. The van der Waals surface area contributed by atoms with Crippen molar-refractivity contribution in [1.29, 1.82) is 0 Å². The minimum atomic E-state index is -0.555. The van der Waals surface area contributed by atoms with Gasteiger partial charge in [-0.25, -0.2) is 4.79 Å². The van der Waals surface area contributed by atoms with Gasteiger partial charge in [0.2, 0.25) is 5.91 Å². The molecule has 3 rings (SSSR count). The summed E-state index contributed by atoms with van der Waals surface area (Å²) in [5, 5.41) is 6.47. The molecule has 2 N–H and O–H groups in total. The number of hydrogen-bond donors (Lipinski definition) is 2. The van der Waals surface area contributed by atoms with E-state index in [0.717, 1.165) is 29.1 Å². The fourth-order valence-electron chi connectivity index (χ4n) is 3.89. The van der Waals surface area contributed by atoms with Crippen LogP contribution in [-0.4, -0.2) is 36.0 Å². The van der Waals surface area contributed by atoms with E-state index >= 15 is 0 Å². The van der Waals surface area contributed by atoms with Crippen molar-refractivity contribution in [2.75, 3.05) is 18.4 Å². The quantitative estimate of drug-likeness (QED) is 0.688. The van der Waals surface area contributed by atoms with Crippen molar-refractivity contribution >= 4 is 29.2 Å². The maximum absolute atomic E-state index is 13.1. The van der Waals surface area contributed by atoms with Gasteiger partial charge >= 0.3 is 6.03 Å². The van der Waals surface area contributed by atoms with Crippen LogP contribution in [0, 0.1) is 12.8 Å². The van der Waals surface area contributed by atoms with Crippen LogP contribution in [-0.2, 0) is 4.79 Å². The van der Waals surface area contributed by atoms with E-state index in [4.69, 9.17) is 11.6 Å². The third-order valence-electron chi connectivity index (χ3n) is 5.76. The highest BCUT2D eigenvalue weighted by molar-refractivity contribution is 6.30. The van der Waals surface area contributed by atoms with Gasteiger partial charge < -0.3 is 15.5 Å². The predicted molar refractivity (Wildman–Crippen MR) is 122 cm³/mol. The molecule has 0 unspecified atom stereocenters. The average Bonchev–Trinajstić information content (AvgIpc) is 2.74. The Hall–Kier alpha value is -2.53. The Balaban J connectivity index is 1.58. The third-order valence-corrected chi connectivity index (χ3v) is 6.01. The SMILES string of the molecule is Cc1ccccc1NC(=O)N[C@@H](C(=O)N1CCC(c2ccc(Cl)cc2)CC1)C(C)C. The number of amides is 3. The van der Waals surface area contributed by atoms with Gasteiger partial charge in [-0.2, -0.15) is 0 Å². The first-order valence-electron chi connectivity index (χ1n) is 10.5. The smallest absolute Gasteiger partial charge is 0.319 e. The second-order valence-corrected chi connectivity index (χ2v) is 8.72. The number of halogens is 1. The summed E-state index contributed by atoms with van der Waals surface area (Å²) in [4.78, 5) is 27.6. The van der Waals surface area contributed by atoms with Crippen molar-refractivity contribution < 1.29 is 9.59 Å². The summed E-state index contributed by atoms with van der Waals surface area (Å²) in [5.74, 6) is 0.412. The highest BCUT2D eigenvalue weighted by Crippen LogP contribution is 2.29. The molecule has 1 aliphatic rings. The average molecular weight is 428 g/mol. The molecule has 0 radical (unpaired) electrons. The fraction of sp³-hybridized carbons (Fsp3) is 0.417. The topological polar surface area (TPSA) is 61.4 Å². The zero-order valence-electron chi connectivity index (χ0n) is 17.8. The summed E-state index contributed by atoms with van der Waals surface area (Å²) in [7, 11) is 0. The number of carbonyl (C=O) groups excluding carboxylic acids is 2. The molecular weight excluding hydrogens is 398 g/mol. The van der Waals surface area contributed by atoms with E-state index in [0.29, 0.717) is 19.0 Å². The normalized spacial score (nSPS) is 15.7. The molecule has 0 spiro atoms. The second-order valence-electron chi connectivity index (χ2n) is 8.29. The molecule has 3 amide bonds. The lowest BCUT2D eigenvalue weighted by atomic mass is 9.89. The van der Waals surface area contributed by atoms with Crippen molar-refractivity contribution in [2.45, 2.75) is 45.6 Å². The summed E-state index contributed by atoms with van der Waals surface area (Å²) in [6, 6.07) is 14.6. The number of anilines is 1. The van der Waals surface area contributed by atoms with Crippen LogP contribution in [0.2, 0.25) is 5.02 Å². The number of piperidine rings is 1. The van der Waals surface area contributed by atoms with Gasteiger partial charge in [0.1, 0.15) is 6.04 Å². The first-order valence-corrected chi connectivity index (χ1v) is 10.9. The van der Waals surface area contributed by atoms with E-state index < -0.39 is 6.04 Å². The van der Waals surface area contributed by atoms with Gasteiger partial charge in [0.05, 0.1) is 0 Å². The summed E-state index contributed by atoms with van der Waals surface area (Å²) in [5.41, 5.74) is 2.99. The van der Waals surface area contributed by atoms with E-state index in [1.807, 2.05) is 62.1 Å². The fourth-order valence-corrected chi connectivity index (χ4v) is 4.02. The number of carbonyl (C=O) groups is 2. The Kier molecular flexibility index (Phi) is 7.38. The number of nitrogens with zero attached hydrogens (tertiary/aromatic N) is 1. The lowest BCUT2D eigenvalue weighted by Gasteiger charge is -2.35. The first-order chi connectivity index (χ1) is 14.3. The van der Waals surface area contributed by atoms with E-state index in [2.05, 4.69) is 22.8 Å². The Morgan fingerprint density at radius 2 is 1.67 bits per heavy atom. The highest BCUT2D eigenvalue weighted by atomic mass is 35.5. The molecule has 0 saturated carbocycles. The molecule has 2 aromatic carbocycles. The molecule has 1 fully saturated rings. The molecule has 1 heterocycles. The highest BCUT2D eigenvalue weighted by Gasteiger charge is 2.31. The third kappa shape index (κ3) is 5.54. The van der Waals surface area contributed by atoms with Crippen molar-refractivity contribution in [3.63, 3.8) is 0 Å². The number of nitrogens with one attached hydrogen (secondary N) is 2. The van der Waals surface area contributed by atoms with Gasteiger partial charge in [0.15, 0.2) is 0 Å². The Morgan fingerprint density at radius 1 is 1.03 bits per heavy atom. The Labute approximate surface area is 183 Å². The number of rotatable bonds is 5. The predicted octanol–water partition coefficient (Wildman–Crippen LogP) is 5.20. The van der Waals surface area contributed by atoms with Crippen molar-refractivity contribution in [3.05, 3.63) is 64.7 Å². The number of urea groups is 1. The van der Waals surface area contributed by atoms with Gasteiger partial charge in [-0.3, -0.25) is 4.79 Å². The minimum Gasteiger partial charge on any atom is -0.341 e. The standard InChI is InChI=1S/C24H30ClN3O2/c1-16(2)22(27-24(30)26-21-7-5-4-6-17(21)3)23(29)28-14-12-19(13-15-28)18-8-10-20(25)11-9-18/h4-11,16,19,22H,12-15H2,1-3H3,(H2,26,27,30)/t22-/m1/s1. The summed E-state index contributed by atoms with van der Waals surface area (Å²) < 4.78 is 0. The Bertz CT molecular complexity index is 874. The van der Waals surface area contributed by atoms with E-state index in [-0.39, 0.29) is 17.9 Å². The number of hydrogen-bond acceptors (Lipinski definition) is 2. The van der Waals surface area contributed by atoms with Crippen LogP contribution in [0.4, 0.5) is 10.5 Å². The van der Waals surface area contributed by atoms with Crippen molar-refractivity contribution in [3.8, 4) is 0 Å². The zero-order valence-corrected chi connectivity index (χ0v) is 18.6. The summed E-state index contributed by atoms with van der Waals surface area (Å²) in [6.45, 7) is 7.23. The van der Waals surface area contributed by atoms with Crippen LogP contribution in [0.3, 0.4) is 0 Å². The second kappa shape index (κ2) is 9.98. The van der Waals surface area contributed by atoms with Crippen LogP contribution in [0.15, 0.2) is 48.5 Å². The van der Waals surface area contributed by atoms with Gasteiger partial charge in [0.25, 0.3) is 0 Å². The molecule has 2 aromatic rings. The number of benzene rings is 2. The van der Waals surface area contributed by atoms with Crippen molar-refractivity contribution in [1.82, 2.24) is 10.2 Å². The number of para-hydroxylation sites is 1. The lowest BCUT2D eigenvalue weighted by molar-refractivity contribution is -0.135. The van der Waals surface area contributed by atoms with E-state index in [1.54, 1.807) is 0 Å². The molecule has 30 heavy (non-hydrogen) atoms. The summed E-state index contributed by atoms with van der Waals surface area (Å²) >= 11 is 5.99. The van der Waals surface area contributed by atoms with E-state index in [9.17, 15) is 9.59 Å². The molecule has 6 heteroatoms. The minimum absolute atomic E-state index is 0.00545. The monoisotopic (exact) mass is 427 g/mol. The molecular formula is C24H30ClN3O2. The maximum Gasteiger partial charge on any atom is 0.319 e. The zero-order chi connectivity index (χ0) is 21.7. The van der Waals surface area contributed by atoms with Crippen LogP contribution >= 0.6 is 11.6 Å². The molecule has 5 nitrogen and oxygen atoms in total. The van der Waals surface area contributed by atoms with E-state index in [1.165, 1.54) is 5.56 Å². The van der Waals surface area contributed by atoms with Gasteiger partial charge in [-0.05, 0) is 60.9 Å². The van der Waals surface area contributed by atoms with Crippen LogP contribution in [0.25, 0.3) is 0 Å². The molecule has 160 valence electrons. The number of aryl methyl sites for hydroxylation is 1. The summed E-state index contributed by atoms with van der Waals surface area (Å²) in [6.07, 6.45) is 1.82. The van der Waals surface area contributed by atoms with Gasteiger partial charge in [-0.1, -0.05) is 55.8 Å². The maximum atomic E-state index is 13.1. The largest absolute Gasteiger partial charge is 0.341 e. The van der Waals surface area contributed by atoms with Crippen LogP contribution < -0.4 is 10.6 Å². The molecule has 1 atom stereocenters. The number of likely N-dealkylation sites (tertiary alicyclic amines) is 1. The molecule has 0 bridgehead atoms.